The van der Waals surface area contributed by atoms with Crippen LogP contribution in [-0.4, -0.2) is 4.87 Å². The van der Waals surface area contributed by atoms with Crippen LogP contribution >= 0.6 is 11.6 Å². The minimum atomic E-state index is -0.0430. The Kier molecular flexibility index (Phi) is 3.90. The zero-order valence-corrected chi connectivity index (χ0v) is 9.26. The van der Waals surface area contributed by atoms with Gasteiger partial charge in [0, 0.05) is 4.87 Å². The first kappa shape index (κ1) is 11.3. The molecule has 0 unspecified atom stereocenters. The summed E-state index contributed by atoms with van der Waals surface area (Å²) in [5.41, 5.74) is 0.403. The smallest absolute Gasteiger partial charge is 0.0395 e. The van der Waals surface area contributed by atoms with Gasteiger partial charge in [0.1, 0.15) is 0 Å². The predicted molar refractivity (Wildman–Crippen MR) is 53.2 cm³/mol. The summed E-state index contributed by atoms with van der Waals surface area (Å²) >= 11 is 6.15. The summed E-state index contributed by atoms with van der Waals surface area (Å²) in [5, 5.41) is 0. The van der Waals surface area contributed by atoms with E-state index in [1.807, 2.05) is 0 Å². The quantitative estimate of drug-likeness (QED) is 0.563. The molecule has 0 N–H and O–H groups in total. The minimum absolute atomic E-state index is 0.0430. The fourth-order valence-electron chi connectivity index (χ4n) is 1.90. The van der Waals surface area contributed by atoms with Crippen LogP contribution in [0, 0.1) is 5.41 Å². The second-order valence-electron chi connectivity index (χ2n) is 4.81. The van der Waals surface area contributed by atoms with E-state index in [0.29, 0.717) is 5.41 Å². The van der Waals surface area contributed by atoms with Crippen molar-refractivity contribution in [2.24, 2.45) is 5.41 Å². The second kappa shape index (κ2) is 3.80. The standard InChI is InChI=1S/C10H21Cl/c1-6-7-9(2,3)8-10(4,5)11/h6-8H2,1-5H3. The van der Waals surface area contributed by atoms with Crippen molar-refractivity contribution < 1.29 is 0 Å². The molecule has 0 bridgehead atoms. The molecule has 0 aromatic carbocycles. The highest BCUT2D eigenvalue weighted by atomic mass is 35.5. The van der Waals surface area contributed by atoms with E-state index in [1.54, 1.807) is 0 Å². The number of rotatable bonds is 4. The molecule has 0 amide bonds. The van der Waals surface area contributed by atoms with E-state index in [-0.39, 0.29) is 4.87 Å². The van der Waals surface area contributed by atoms with Crippen LogP contribution in [0.25, 0.3) is 0 Å². The zero-order valence-electron chi connectivity index (χ0n) is 8.50. The Bertz CT molecular complexity index is 109. The van der Waals surface area contributed by atoms with Gasteiger partial charge in [-0.1, -0.05) is 27.2 Å². The van der Waals surface area contributed by atoms with Crippen LogP contribution in [0.3, 0.4) is 0 Å². The molecule has 0 atom stereocenters. The summed E-state index contributed by atoms with van der Waals surface area (Å²) in [6, 6.07) is 0. The first-order chi connectivity index (χ1) is 4.77. The number of hydrogen-bond donors (Lipinski definition) is 0. The van der Waals surface area contributed by atoms with E-state index in [0.717, 1.165) is 6.42 Å². The molecular weight excluding hydrogens is 156 g/mol. The lowest BCUT2D eigenvalue weighted by molar-refractivity contribution is 0.275. The first-order valence-corrected chi connectivity index (χ1v) is 4.83. The molecule has 0 radical (unpaired) electrons. The van der Waals surface area contributed by atoms with Crippen LogP contribution in [0.4, 0.5) is 0 Å². The predicted octanol–water partition coefficient (Wildman–Crippen LogP) is 4.22. The molecule has 11 heavy (non-hydrogen) atoms. The van der Waals surface area contributed by atoms with Gasteiger partial charge in [0.25, 0.3) is 0 Å². The summed E-state index contributed by atoms with van der Waals surface area (Å²) in [7, 11) is 0. The van der Waals surface area contributed by atoms with Gasteiger partial charge < -0.3 is 0 Å². The molecule has 0 aliphatic rings. The SMILES string of the molecule is CCCC(C)(C)CC(C)(C)Cl. The van der Waals surface area contributed by atoms with Gasteiger partial charge in [0.05, 0.1) is 0 Å². The number of alkyl halides is 1. The molecular formula is C10H21Cl. The normalized spacial score (nSPS) is 13.6. The lowest BCUT2D eigenvalue weighted by Gasteiger charge is -2.30. The largest absolute Gasteiger partial charge is 0.120 e. The van der Waals surface area contributed by atoms with Crippen LogP contribution in [0.5, 0.6) is 0 Å². The van der Waals surface area contributed by atoms with E-state index in [2.05, 4.69) is 34.6 Å². The van der Waals surface area contributed by atoms with Crippen LogP contribution in [0.15, 0.2) is 0 Å². The molecule has 0 aliphatic heterocycles. The van der Waals surface area contributed by atoms with Gasteiger partial charge in [-0.2, -0.15) is 0 Å². The summed E-state index contributed by atoms with van der Waals surface area (Å²) in [5.74, 6) is 0. The average Bonchev–Trinajstić information content (AvgIpc) is 1.55. The Balaban J connectivity index is 3.91. The van der Waals surface area contributed by atoms with Crippen molar-refractivity contribution in [3.8, 4) is 0 Å². The van der Waals surface area contributed by atoms with Gasteiger partial charge in [-0.3, -0.25) is 0 Å². The van der Waals surface area contributed by atoms with Crippen molar-refractivity contribution in [3.05, 3.63) is 0 Å². The molecule has 68 valence electrons. The van der Waals surface area contributed by atoms with Gasteiger partial charge in [-0.25, -0.2) is 0 Å². The molecule has 0 rings (SSSR count). The molecule has 0 saturated carbocycles. The number of halogens is 1. The van der Waals surface area contributed by atoms with E-state index in [4.69, 9.17) is 11.6 Å². The maximum Gasteiger partial charge on any atom is 0.0395 e. The molecule has 0 spiro atoms. The van der Waals surface area contributed by atoms with Gasteiger partial charge in [-0.15, -0.1) is 11.6 Å². The topological polar surface area (TPSA) is 0 Å². The Morgan fingerprint density at radius 2 is 1.55 bits per heavy atom. The van der Waals surface area contributed by atoms with E-state index in [9.17, 15) is 0 Å². The van der Waals surface area contributed by atoms with Crippen molar-refractivity contribution >= 4 is 11.6 Å². The van der Waals surface area contributed by atoms with E-state index in [1.165, 1.54) is 12.8 Å². The van der Waals surface area contributed by atoms with Crippen LogP contribution in [0.2, 0.25) is 0 Å². The lowest BCUT2D eigenvalue weighted by atomic mass is 9.80. The van der Waals surface area contributed by atoms with Gasteiger partial charge in [-0.05, 0) is 32.1 Å². The molecule has 0 fully saturated rings. The van der Waals surface area contributed by atoms with E-state index < -0.39 is 0 Å². The Hall–Kier alpha value is 0.290. The maximum atomic E-state index is 6.15. The van der Waals surface area contributed by atoms with Crippen LogP contribution in [-0.2, 0) is 0 Å². The monoisotopic (exact) mass is 176 g/mol. The molecule has 1 heteroatoms. The Morgan fingerprint density at radius 1 is 1.09 bits per heavy atom. The van der Waals surface area contributed by atoms with Gasteiger partial charge >= 0.3 is 0 Å². The highest BCUT2D eigenvalue weighted by molar-refractivity contribution is 6.23. The summed E-state index contributed by atoms with van der Waals surface area (Å²) in [6.45, 7) is 11.0. The van der Waals surface area contributed by atoms with Crippen molar-refractivity contribution in [1.82, 2.24) is 0 Å². The van der Waals surface area contributed by atoms with Crippen molar-refractivity contribution in [3.63, 3.8) is 0 Å². The fraction of sp³-hybridized carbons (Fsp3) is 1.00. The third-order valence-corrected chi connectivity index (χ3v) is 1.96. The Morgan fingerprint density at radius 3 is 1.82 bits per heavy atom. The Labute approximate surface area is 76.3 Å². The van der Waals surface area contributed by atoms with Gasteiger partial charge in [0.15, 0.2) is 0 Å². The summed E-state index contributed by atoms with van der Waals surface area (Å²) in [4.78, 5) is -0.0430. The summed E-state index contributed by atoms with van der Waals surface area (Å²) < 4.78 is 0. The van der Waals surface area contributed by atoms with Crippen LogP contribution < -0.4 is 0 Å². The highest BCUT2D eigenvalue weighted by Gasteiger charge is 2.25. The molecule has 0 aromatic rings. The third-order valence-electron chi connectivity index (χ3n) is 1.83. The van der Waals surface area contributed by atoms with E-state index >= 15 is 0 Å². The average molecular weight is 177 g/mol. The molecule has 0 nitrogen and oxygen atoms in total. The van der Waals surface area contributed by atoms with Crippen molar-refractivity contribution in [2.45, 2.75) is 58.8 Å². The molecule has 0 aromatic heterocycles. The van der Waals surface area contributed by atoms with Crippen molar-refractivity contribution in [2.75, 3.05) is 0 Å². The molecule has 0 heterocycles. The highest BCUT2D eigenvalue weighted by Crippen LogP contribution is 2.35. The maximum absolute atomic E-state index is 6.15. The lowest BCUT2D eigenvalue weighted by Crippen LogP contribution is -2.23. The molecule has 0 saturated heterocycles. The fourth-order valence-corrected chi connectivity index (χ4v) is 2.26. The number of hydrogen-bond acceptors (Lipinski definition) is 0. The van der Waals surface area contributed by atoms with Crippen molar-refractivity contribution in [1.29, 1.82) is 0 Å². The van der Waals surface area contributed by atoms with Gasteiger partial charge in [0.2, 0.25) is 0 Å². The van der Waals surface area contributed by atoms with Crippen LogP contribution in [0.1, 0.15) is 53.9 Å². The minimum Gasteiger partial charge on any atom is -0.120 e. The zero-order chi connectivity index (χ0) is 9.12. The first-order valence-electron chi connectivity index (χ1n) is 4.46. The molecule has 0 aliphatic carbocycles. The second-order valence-corrected chi connectivity index (χ2v) is 5.83. The third kappa shape index (κ3) is 6.68. The summed E-state index contributed by atoms with van der Waals surface area (Å²) in [6.07, 6.45) is 3.61.